The number of Topliss-reactive ketones (excluding diaryl/α,β-unsaturated/α-hetero) is 1. The van der Waals surface area contributed by atoms with Crippen LogP contribution in [-0.2, 0) is 24.0 Å². The van der Waals surface area contributed by atoms with E-state index in [9.17, 15) is 9.59 Å². The van der Waals surface area contributed by atoms with Crippen LogP contribution >= 0.6 is 0 Å². The molecular weight excluding hydrogens is 398 g/mol. The van der Waals surface area contributed by atoms with E-state index in [1.54, 1.807) is 0 Å². The van der Waals surface area contributed by atoms with E-state index in [0.717, 1.165) is 53.4 Å². The normalized spacial score (nSPS) is 13.5. The van der Waals surface area contributed by atoms with E-state index in [4.69, 9.17) is 9.72 Å². The van der Waals surface area contributed by atoms with Crippen LogP contribution in [0.2, 0.25) is 0 Å². The minimum Gasteiger partial charge on any atom is -0.454 e. The summed E-state index contributed by atoms with van der Waals surface area (Å²) in [6, 6.07) is 21.7. The number of para-hydroxylation sites is 1. The summed E-state index contributed by atoms with van der Waals surface area (Å²) >= 11 is 0. The summed E-state index contributed by atoms with van der Waals surface area (Å²) in [7, 11) is 0. The molecule has 6 rings (SSSR count). The maximum absolute atomic E-state index is 13.1. The first-order chi connectivity index (χ1) is 15.7. The van der Waals surface area contributed by atoms with Crippen molar-refractivity contribution in [2.75, 3.05) is 6.61 Å². The van der Waals surface area contributed by atoms with Crippen LogP contribution in [0.3, 0.4) is 0 Å². The minimum atomic E-state index is -0.443. The van der Waals surface area contributed by atoms with Crippen molar-refractivity contribution in [3.05, 3.63) is 100 Å². The molecule has 32 heavy (non-hydrogen) atoms. The zero-order chi connectivity index (χ0) is 21.7. The second-order valence-corrected chi connectivity index (χ2v) is 8.49. The Kier molecular flexibility index (Phi) is 4.39. The van der Waals surface area contributed by atoms with Gasteiger partial charge in [-0.25, -0.2) is 4.79 Å². The van der Waals surface area contributed by atoms with Crippen LogP contribution in [-0.4, -0.2) is 23.3 Å². The summed E-state index contributed by atoms with van der Waals surface area (Å²) in [5.41, 5.74) is 8.63. The number of benzene rings is 3. The Morgan fingerprint density at radius 1 is 0.875 bits per heavy atom. The highest BCUT2D eigenvalue weighted by molar-refractivity contribution is 6.07. The fourth-order valence-electron chi connectivity index (χ4n) is 5.03. The van der Waals surface area contributed by atoms with Gasteiger partial charge in [-0.2, -0.15) is 0 Å². The molecular formula is C28H21NO3. The number of nitrogens with zero attached hydrogens (tertiary/aromatic N) is 1. The zero-order valence-electron chi connectivity index (χ0n) is 17.6. The van der Waals surface area contributed by atoms with E-state index in [-0.39, 0.29) is 12.4 Å². The standard InChI is InChI=1S/C28H21NO3/c30-26(19-13-12-18-14-17-6-1-2-7-20(17)23(18)15-19)16-32-28(31)27-21-8-3-4-10-24(21)29-25-11-5-9-22(25)27/h1-4,6-8,10,12-13,15H,5,9,11,14,16H2. The van der Waals surface area contributed by atoms with Crippen LogP contribution in [0.4, 0.5) is 0 Å². The van der Waals surface area contributed by atoms with Crippen LogP contribution in [0.15, 0.2) is 66.7 Å². The van der Waals surface area contributed by atoms with Crippen molar-refractivity contribution in [2.24, 2.45) is 0 Å². The van der Waals surface area contributed by atoms with Crippen LogP contribution < -0.4 is 0 Å². The average molecular weight is 419 g/mol. The first-order valence-corrected chi connectivity index (χ1v) is 11.0. The van der Waals surface area contributed by atoms with Crippen LogP contribution in [0, 0.1) is 0 Å². The monoisotopic (exact) mass is 419 g/mol. The number of ether oxygens (including phenoxy) is 1. The Bertz CT molecular complexity index is 1420. The minimum absolute atomic E-state index is 0.194. The Hall–Kier alpha value is -3.79. The number of aromatic nitrogens is 1. The van der Waals surface area contributed by atoms with Gasteiger partial charge < -0.3 is 4.74 Å². The number of carbonyl (C=O) groups excluding carboxylic acids is 2. The quantitative estimate of drug-likeness (QED) is 0.292. The zero-order valence-corrected chi connectivity index (χ0v) is 17.6. The van der Waals surface area contributed by atoms with Crippen molar-refractivity contribution in [3.8, 4) is 11.1 Å². The summed E-state index contributed by atoms with van der Waals surface area (Å²) in [5, 5.41) is 0.791. The third-order valence-corrected chi connectivity index (χ3v) is 6.58. The van der Waals surface area contributed by atoms with Gasteiger partial charge in [0.25, 0.3) is 0 Å². The molecule has 0 saturated carbocycles. The molecule has 0 bridgehead atoms. The van der Waals surface area contributed by atoms with E-state index in [1.165, 1.54) is 16.7 Å². The summed E-state index contributed by atoms with van der Waals surface area (Å²) in [6.07, 6.45) is 3.55. The largest absolute Gasteiger partial charge is 0.454 e. The molecule has 0 radical (unpaired) electrons. The molecule has 3 aromatic carbocycles. The molecule has 4 heteroatoms. The third kappa shape index (κ3) is 3.02. The van der Waals surface area contributed by atoms with E-state index in [0.29, 0.717) is 11.1 Å². The maximum atomic E-state index is 13.1. The van der Waals surface area contributed by atoms with E-state index < -0.39 is 5.97 Å². The Morgan fingerprint density at radius 2 is 1.69 bits per heavy atom. The second-order valence-electron chi connectivity index (χ2n) is 8.49. The molecule has 0 saturated heterocycles. The molecule has 4 nitrogen and oxygen atoms in total. The molecule has 0 amide bonds. The number of esters is 1. The van der Waals surface area contributed by atoms with Gasteiger partial charge in [0.1, 0.15) is 0 Å². The predicted molar refractivity (Wildman–Crippen MR) is 123 cm³/mol. The van der Waals surface area contributed by atoms with E-state index in [2.05, 4.69) is 12.1 Å². The molecule has 4 aromatic rings. The fraction of sp³-hybridized carbons (Fsp3) is 0.179. The lowest BCUT2D eigenvalue weighted by atomic mass is 10.0. The number of rotatable bonds is 4. The number of hydrogen-bond acceptors (Lipinski definition) is 4. The third-order valence-electron chi connectivity index (χ3n) is 6.58. The van der Waals surface area contributed by atoms with Gasteiger partial charge in [0, 0.05) is 16.6 Å². The molecule has 0 aliphatic heterocycles. The van der Waals surface area contributed by atoms with Gasteiger partial charge in [-0.1, -0.05) is 54.6 Å². The van der Waals surface area contributed by atoms with Gasteiger partial charge in [0.15, 0.2) is 12.4 Å². The van der Waals surface area contributed by atoms with Crippen LogP contribution in [0.25, 0.3) is 22.0 Å². The Morgan fingerprint density at radius 3 is 2.62 bits per heavy atom. The summed E-state index contributed by atoms with van der Waals surface area (Å²) in [4.78, 5) is 30.7. The number of pyridine rings is 1. The van der Waals surface area contributed by atoms with Crippen molar-refractivity contribution in [1.29, 1.82) is 0 Å². The van der Waals surface area contributed by atoms with Gasteiger partial charge in [0.2, 0.25) is 0 Å². The first kappa shape index (κ1) is 18.9. The molecule has 1 aromatic heterocycles. The number of hydrogen-bond donors (Lipinski definition) is 0. The van der Waals surface area contributed by atoms with Crippen molar-refractivity contribution in [1.82, 2.24) is 4.98 Å². The van der Waals surface area contributed by atoms with Crippen molar-refractivity contribution >= 4 is 22.7 Å². The average Bonchev–Trinajstić information content (AvgIpc) is 3.44. The van der Waals surface area contributed by atoms with Gasteiger partial charge in [-0.3, -0.25) is 9.78 Å². The van der Waals surface area contributed by atoms with Gasteiger partial charge >= 0.3 is 5.97 Å². The Balaban J connectivity index is 1.26. The van der Waals surface area contributed by atoms with E-state index >= 15 is 0 Å². The lowest BCUT2D eigenvalue weighted by molar-refractivity contribution is 0.0475. The maximum Gasteiger partial charge on any atom is 0.339 e. The number of carbonyl (C=O) groups is 2. The first-order valence-electron chi connectivity index (χ1n) is 11.0. The topological polar surface area (TPSA) is 56.3 Å². The number of aryl methyl sites for hydroxylation is 1. The lowest BCUT2D eigenvalue weighted by Crippen LogP contribution is -2.16. The fourth-order valence-corrected chi connectivity index (χ4v) is 5.03. The van der Waals surface area contributed by atoms with Gasteiger partial charge in [-0.15, -0.1) is 0 Å². The molecule has 2 aliphatic rings. The molecule has 2 aliphatic carbocycles. The molecule has 0 N–H and O–H groups in total. The van der Waals surface area contributed by atoms with Crippen molar-refractivity contribution in [2.45, 2.75) is 25.7 Å². The molecule has 0 fully saturated rings. The van der Waals surface area contributed by atoms with Gasteiger partial charge in [0.05, 0.1) is 11.1 Å². The van der Waals surface area contributed by atoms with Crippen molar-refractivity contribution in [3.63, 3.8) is 0 Å². The molecule has 0 spiro atoms. The number of fused-ring (bicyclic) bond motifs is 5. The predicted octanol–water partition coefficient (Wildman–Crippen LogP) is 5.33. The summed E-state index contributed by atoms with van der Waals surface area (Å²) < 4.78 is 5.55. The van der Waals surface area contributed by atoms with Crippen molar-refractivity contribution < 1.29 is 14.3 Å². The molecule has 0 unspecified atom stereocenters. The lowest BCUT2D eigenvalue weighted by Gasteiger charge is -2.12. The van der Waals surface area contributed by atoms with Gasteiger partial charge in [-0.05, 0) is 65.6 Å². The SMILES string of the molecule is O=C(COC(=O)c1c2c(nc3ccccc13)CCC2)c1ccc2c(c1)-c1ccccc1C2. The molecule has 1 heterocycles. The number of ketones is 1. The van der Waals surface area contributed by atoms with E-state index in [1.807, 2.05) is 54.6 Å². The Labute approximate surface area is 185 Å². The van der Waals surface area contributed by atoms with Crippen LogP contribution in [0.5, 0.6) is 0 Å². The highest BCUT2D eigenvalue weighted by atomic mass is 16.5. The molecule has 156 valence electrons. The highest BCUT2D eigenvalue weighted by Gasteiger charge is 2.25. The molecule has 0 atom stereocenters. The van der Waals surface area contributed by atoms with Crippen LogP contribution in [0.1, 0.15) is 49.5 Å². The second kappa shape index (κ2) is 7.41. The summed E-state index contributed by atoms with van der Waals surface area (Å²) in [5.74, 6) is -0.637. The summed E-state index contributed by atoms with van der Waals surface area (Å²) in [6.45, 7) is -0.273. The smallest absolute Gasteiger partial charge is 0.339 e. The highest BCUT2D eigenvalue weighted by Crippen LogP contribution is 2.37.